The van der Waals surface area contributed by atoms with Gasteiger partial charge in [-0.3, -0.25) is 4.90 Å². The van der Waals surface area contributed by atoms with Gasteiger partial charge < -0.3 is 14.0 Å². The number of carbonyl (C=O) groups is 2. The SMILES string of the molecule is CCN1C(=O)OCC2(CC)CCCn3c(C(=O)OC)cc(c32)-c2ccccc21. The third-order valence-electron chi connectivity index (χ3n) is 6.20. The van der Waals surface area contributed by atoms with Crippen LogP contribution in [-0.4, -0.2) is 36.9 Å². The Morgan fingerprint density at radius 2 is 2.04 bits per heavy atom. The highest BCUT2D eigenvalue weighted by molar-refractivity contribution is 5.97. The summed E-state index contributed by atoms with van der Waals surface area (Å²) in [4.78, 5) is 27.0. The molecular formula is C22H26N2O4. The Morgan fingerprint density at radius 1 is 1.25 bits per heavy atom. The molecule has 6 nitrogen and oxygen atoms in total. The molecule has 3 heterocycles. The smallest absolute Gasteiger partial charge is 0.414 e. The first-order valence-corrected chi connectivity index (χ1v) is 9.92. The van der Waals surface area contributed by atoms with Crippen LogP contribution in [0, 0.1) is 0 Å². The molecule has 0 saturated carbocycles. The third-order valence-corrected chi connectivity index (χ3v) is 6.20. The molecule has 2 aromatic rings. The summed E-state index contributed by atoms with van der Waals surface area (Å²) in [5, 5.41) is 0. The molecule has 1 aromatic carbocycles. The minimum Gasteiger partial charge on any atom is -0.464 e. The van der Waals surface area contributed by atoms with Crippen LogP contribution in [0.2, 0.25) is 0 Å². The number of carbonyl (C=O) groups excluding carboxylic acids is 2. The minimum atomic E-state index is -0.335. The fourth-order valence-corrected chi connectivity index (χ4v) is 4.73. The maximum atomic E-state index is 12.9. The Labute approximate surface area is 165 Å². The summed E-state index contributed by atoms with van der Waals surface area (Å²) < 4.78 is 13.0. The molecule has 0 N–H and O–H groups in total. The molecule has 2 aliphatic heterocycles. The number of cyclic esters (lactones) is 1. The van der Waals surface area contributed by atoms with Crippen molar-refractivity contribution < 1.29 is 19.1 Å². The summed E-state index contributed by atoms with van der Waals surface area (Å²) in [5.74, 6) is -0.335. The highest BCUT2D eigenvalue weighted by Crippen LogP contribution is 2.47. The van der Waals surface area contributed by atoms with E-state index < -0.39 is 0 Å². The zero-order chi connectivity index (χ0) is 19.9. The highest BCUT2D eigenvalue weighted by atomic mass is 16.6. The number of amides is 1. The van der Waals surface area contributed by atoms with E-state index in [1.807, 2.05) is 37.3 Å². The van der Waals surface area contributed by atoms with Crippen molar-refractivity contribution in [3.8, 4) is 11.1 Å². The Bertz CT molecular complexity index is 933. The molecule has 0 saturated heterocycles. The van der Waals surface area contributed by atoms with E-state index in [1.54, 1.807) is 4.90 Å². The van der Waals surface area contributed by atoms with E-state index in [-0.39, 0.29) is 17.5 Å². The fraction of sp³-hybridized carbons (Fsp3) is 0.455. The Hall–Kier alpha value is -2.76. The quantitative estimate of drug-likeness (QED) is 0.740. The number of benzene rings is 1. The maximum Gasteiger partial charge on any atom is 0.414 e. The highest BCUT2D eigenvalue weighted by Gasteiger charge is 2.43. The first kappa shape index (κ1) is 18.6. The molecular weight excluding hydrogens is 356 g/mol. The maximum absolute atomic E-state index is 12.9. The number of para-hydroxylation sites is 1. The van der Waals surface area contributed by atoms with E-state index in [4.69, 9.17) is 9.47 Å². The second kappa shape index (κ2) is 7.00. The van der Waals surface area contributed by atoms with Crippen LogP contribution in [0.25, 0.3) is 11.1 Å². The van der Waals surface area contributed by atoms with E-state index in [0.717, 1.165) is 48.3 Å². The van der Waals surface area contributed by atoms with Crippen molar-refractivity contribution in [1.29, 1.82) is 0 Å². The van der Waals surface area contributed by atoms with Gasteiger partial charge in [0, 0.05) is 35.3 Å². The fourth-order valence-electron chi connectivity index (χ4n) is 4.73. The Kier molecular flexibility index (Phi) is 4.65. The van der Waals surface area contributed by atoms with Crippen molar-refractivity contribution in [2.45, 2.75) is 45.1 Å². The minimum absolute atomic E-state index is 0.310. The number of rotatable bonds is 3. The van der Waals surface area contributed by atoms with Gasteiger partial charge in [0.2, 0.25) is 0 Å². The van der Waals surface area contributed by atoms with Gasteiger partial charge in [-0.1, -0.05) is 25.1 Å². The van der Waals surface area contributed by atoms with Gasteiger partial charge in [0.1, 0.15) is 12.3 Å². The molecule has 1 amide bonds. The van der Waals surface area contributed by atoms with Gasteiger partial charge in [-0.15, -0.1) is 0 Å². The summed E-state index contributed by atoms with van der Waals surface area (Å²) >= 11 is 0. The first-order valence-electron chi connectivity index (χ1n) is 9.92. The van der Waals surface area contributed by atoms with Crippen LogP contribution in [0.4, 0.5) is 10.5 Å². The monoisotopic (exact) mass is 382 g/mol. The van der Waals surface area contributed by atoms with Crippen LogP contribution in [0.15, 0.2) is 30.3 Å². The lowest BCUT2D eigenvalue weighted by Gasteiger charge is -2.38. The van der Waals surface area contributed by atoms with Crippen LogP contribution >= 0.6 is 0 Å². The lowest BCUT2D eigenvalue weighted by atomic mass is 9.74. The standard InChI is InChI=1S/C22H26N2O4/c1-4-22-11-8-12-24-18(20(25)27-3)13-16(19(22)24)15-9-6-7-10-17(15)23(5-2)21(26)28-14-22/h6-7,9-10,13H,4-5,8,11-12,14H2,1-3H3. The molecule has 1 unspecified atom stereocenters. The van der Waals surface area contributed by atoms with Crippen LogP contribution in [0.1, 0.15) is 49.3 Å². The molecule has 1 aromatic heterocycles. The number of ether oxygens (including phenoxy) is 2. The first-order chi connectivity index (χ1) is 13.6. The van der Waals surface area contributed by atoms with Crippen molar-refractivity contribution in [2.24, 2.45) is 0 Å². The molecule has 4 rings (SSSR count). The van der Waals surface area contributed by atoms with Crippen LogP contribution < -0.4 is 4.90 Å². The van der Waals surface area contributed by atoms with Gasteiger partial charge >= 0.3 is 12.1 Å². The average Bonchev–Trinajstić information content (AvgIpc) is 3.14. The molecule has 2 aliphatic rings. The van der Waals surface area contributed by atoms with E-state index in [2.05, 4.69) is 11.5 Å². The molecule has 0 radical (unpaired) electrons. The number of methoxy groups -OCH3 is 1. The molecule has 6 heteroatoms. The van der Waals surface area contributed by atoms with Crippen molar-refractivity contribution in [2.75, 3.05) is 25.2 Å². The Morgan fingerprint density at radius 3 is 2.75 bits per heavy atom. The number of hydrogen-bond acceptors (Lipinski definition) is 4. The topological polar surface area (TPSA) is 60.8 Å². The van der Waals surface area contributed by atoms with E-state index in [1.165, 1.54) is 7.11 Å². The largest absolute Gasteiger partial charge is 0.464 e. The average molecular weight is 382 g/mol. The number of anilines is 1. The molecule has 0 spiro atoms. The van der Waals surface area contributed by atoms with Gasteiger partial charge in [-0.2, -0.15) is 0 Å². The van der Waals surface area contributed by atoms with Crippen molar-refractivity contribution in [3.05, 3.63) is 41.7 Å². The predicted molar refractivity (Wildman–Crippen MR) is 107 cm³/mol. The van der Waals surface area contributed by atoms with Crippen LogP contribution in [0.5, 0.6) is 0 Å². The summed E-state index contributed by atoms with van der Waals surface area (Å²) in [6.07, 6.45) is 2.35. The second-order valence-corrected chi connectivity index (χ2v) is 7.49. The lowest BCUT2D eigenvalue weighted by Crippen LogP contribution is -2.40. The Balaban J connectivity index is 2.07. The second-order valence-electron chi connectivity index (χ2n) is 7.49. The molecule has 1 atom stereocenters. The lowest BCUT2D eigenvalue weighted by molar-refractivity contribution is 0.0581. The van der Waals surface area contributed by atoms with Gasteiger partial charge in [-0.25, -0.2) is 9.59 Å². The number of esters is 1. The number of fused-ring (bicyclic) bond motifs is 2. The van der Waals surface area contributed by atoms with Crippen LogP contribution in [0.3, 0.4) is 0 Å². The molecule has 148 valence electrons. The number of nitrogens with zero attached hydrogens (tertiary/aromatic N) is 2. The molecule has 0 bridgehead atoms. The summed E-state index contributed by atoms with van der Waals surface area (Å²) in [5.41, 5.74) is 4.08. The van der Waals surface area contributed by atoms with E-state index >= 15 is 0 Å². The normalized spacial score (nSPS) is 21.0. The van der Waals surface area contributed by atoms with Crippen molar-refractivity contribution >= 4 is 17.7 Å². The van der Waals surface area contributed by atoms with Gasteiger partial charge in [-0.05, 0) is 38.3 Å². The summed E-state index contributed by atoms with van der Waals surface area (Å²) in [6, 6.07) is 9.77. The van der Waals surface area contributed by atoms with Gasteiger partial charge in [0.05, 0.1) is 12.8 Å². The number of hydrogen-bond donors (Lipinski definition) is 0. The van der Waals surface area contributed by atoms with Gasteiger partial charge in [0.15, 0.2) is 0 Å². The van der Waals surface area contributed by atoms with E-state index in [9.17, 15) is 9.59 Å². The van der Waals surface area contributed by atoms with Crippen molar-refractivity contribution in [3.63, 3.8) is 0 Å². The third kappa shape index (κ3) is 2.62. The molecule has 28 heavy (non-hydrogen) atoms. The van der Waals surface area contributed by atoms with Crippen LogP contribution in [-0.2, 0) is 21.4 Å². The van der Waals surface area contributed by atoms with Crippen molar-refractivity contribution in [1.82, 2.24) is 4.57 Å². The summed E-state index contributed by atoms with van der Waals surface area (Å²) in [7, 11) is 1.41. The predicted octanol–water partition coefficient (Wildman–Crippen LogP) is 4.36. The zero-order valence-corrected chi connectivity index (χ0v) is 16.7. The molecule has 0 aliphatic carbocycles. The number of aromatic nitrogens is 1. The molecule has 0 fully saturated rings. The van der Waals surface area contributed by atoms with E-state index in [0.29, 0.717) is 18.8 Å². The summed E-state index contributed by atoms with van der Waals surface area (Å²) in [6.45, 7) is 5.64. The van der Waals surface area contributed by atoms with Gasteiger partial charge in [0.25, 0.3) is 0 Å². The zero-order valence-electron chi connectivity index (χ0n) is 16.7.